The van der Waals surface area contributed by atoms with E-state index in [9.17, 15) is 4.39 Å². The highest BCUT2D eigenvalue weighted by Gasteiger charge is 2.16. The Morgan fingerprint density at radius 3 is 2.83 bits per heavy atom. The maximum absolute atomic E-state index is 13.5. The Morgan fingerprint density at radius 2 is 2.17 bits per heavy atom. The van der Waals surface area contributed by atoms with Crippen LogP contribution in [-0.4, -0.2) is 6.54 Å². The summed E-state index contributed by atoms with van der Waals surface area (Å²) < 4.78 is 19.4. The van der Waals surface area contributed by atoms with Gasteiger partial charge in [0.25, 0.3) is 0 Å². The molecule has 0 aliphatic carbocycles. The van der Waals surface area contributed by atoms with Gasteiger partial charge in [-0.15, -0.1) is 0 Å². The fourth-order valence-corrected chi connectivity index (χ4v) is 2.36. The standard InChI is InChI=1S/C14H15BrFNO/c1-2-17-12(13-7-4-8-18-13)9-10-5-3-6-11(16)14(10)15/h3-8,12,17H,2,9H2,1H3. The van der Waals surface area contributed by atoms with Gasteiger partial charge in [-0.05, 0) is 52.7 Å². The van der Waals surface area contributed by atoms with Crippen molar-refractivity contribution in [1.29, 1.82) is 0 Å². The van der Waals surface area contributed by atoms with Crippen LogP contribution in [0.15, 0.2) is 45.5 Å². The Kier molecular flexibility index (Phi) is 4.55. The average molecular weight is 312 g/mol. The lowest BCUT2D eigenvalue weighted by Gasteiger charge is -2.16. The monoisotopic (exact) mass is 311 g/mol. The summed E-state index contributed by atoms with van der Waals surface area (Å²) in [5.41, 5.74) is 0.928. The van der Waals surface area contributed by atoms with Gasteiger partial charge in [-0.2, -0.15) is 0 Å². The van der Waals surface area contributed by atoms with Gasteiger partial charge in [-0.25, -0.2) is 4.39 Å². The molecule has 1 aromatic carbocycles. The van der Waals surface area contributed by atoms with Crippen molar-refractivity contribution in [3.8, 4) is 0 Å². The zero-order valence-corrected chi connectivity index (χ0v) is 11.7. The molecule has 1 heterocycles. The van der Waals surface area contributed by atoms with Crippen LogP contribution in [0.25, 0.3) is 0 Å². The topological polar surface area (TPSA) is 25.2 Å². The van der Waals surface area contributed by atoms with Gasteiger partial charge in [0.15, 0.2) is 0 Å². The van der Waals surface area contributed by atoms with E-state index in [-0.39, 0.29) is 11.9 Å². The molecule has 1 atom stereocenters. The molecule has 18 heavy (non-hydrogen) atoms. The van der Waals surface area contributed by atoms with Crippen molar-refractivity contribution < 1.29 is 8.81 Å². The minimum Gasteiger partial charge on any atom is -0.468 e. The summed E-state index contributed by atoms with van der Waals surface area (Å²) in [7, 11) is 0. The highest BCUT2D eigenvalue weighted by atomic mass is 79.9. The van der Waals surface area contributed by atoms with Gasteiger partial charge in [0, 0.05) is 0 Å². The number of rotatable bonds is 5. The smallest absolute Gasteiger partial charge is 0.137 e. The van der Waals surface area contributed by atoms with Crippen molar-refractivity contribution in [2.24, 2.45) is 0 Å². The molecule has 0 spiro atoms. The summed E-state index contributed by atoms with van der Waals surface area (Å²) in [6.07, 6.45) is 2.33. The van der Waals surface area contributed by atoms with Crippen LogP contribution in [0.5, 0.6) is 0 Å². The van der Waals surface area contributed by atoms with Gasteiger partial charge in [-0.3, -0.25) is 0 Å². The first-order valence-corrected chi connectivity index (χ1v) is 6.71. The lowest BCUT2D eigenvalue weighted by atomic mass is 10.0. The number of hydrogen-bond acceptors (Lipinski definition) is 2. The third kappa shape index (κ3) is 3.00. The van der Waals surface area contributed by atoms with E-state index in [0.717, 1.165) is 17.9 Å². The molecule has 0 bridgehead atoms. The highest BCUT2D eigenvalue weighted by molar-refractivity contribution is 9.10. The minimum atomic E-state index is -0.234. The predicted octanol–water partition coefficient (Wildman–Crippen LogP) is 4.07. The fraction of sp³-hybridized carbons (Fsp3) is 0.286. The van der Waals surface area contributed by atoms with Crippen molar-refractivity contribution in [2.75, 3.05) is 6.54 Å². The van der Waals surface area contributed by atoms with Crippen LogP contribution in [0.4, 0.5) is 4.39 Å². The zero-order valence-electron chi connectivity index (χ0n) is 10.1. The molecule has 0 amide bonds. The Hall–Kier alpha value is -1.13. The highest BCUT2D eigenvalue weighted by Crippen LogP contribution is 2.26. The third-order valence-corrected chi connectivity index (χ3v) is 3.68. The van der Waals surface area contributed by atoms with Gasteiger partial charge in [0.2, 0.25) is 0 Å². The molecule has 1 N–H and O–H groups in total. The quantitative estimate of drug-likeness (QED) is 0.900. The summed E-state index contributed by atoms with van der Waals surface area (Å²) in [4.78, 5) is 0. The Bertz CT molecular complexity index is 499. The molecule has 0 fully saturated rings. The van der Waals surface area contributed by atoms with Crippen molar-refractivity contribution in [1.82, 2.24) is 5.32 Å². The zero-order chi connectivity index (χ0) is 13.0. The van der Waals surface area contributed by atoms with Crippen LogP contribution in [0.3, 0.4) is 0 Å². The molecule has 4 heteroatoms. The van der Waals surface area contributed by atoms with Crippen molar-refractivity contribution >= 4 is 15.9 Å². The third-order valence-electron chi connectivity index (χ3n) is 2.79. The Morgan fingerprint density at radius 1 is 1.33 bits per heavy atom. The molecule has 0 saturated heterocycles. The second-order valence-corrected chi connectivity index (χ2v) is 4.84. The molecule has 0 aliphatic rings. The van der Waals surface area contributed by atoms with E-state index in [0.29, 0.717) is 10.9 Å². The molecular formula is C14H15BrFNO. The molecule has 0 aliphatic heterocycles. The normalized spacial score (nSPS) is 12.6. The fourth-order valence-electron chi connectivity index (χ4n) is 1.94. The number of likely N-dealkylation sites (N-methyl/N-ethyl adjacent to an activating group) is 1. The van der Waals surface area contributed by atoms with Gasteiger partial charge in [0.1, 0.15) is 11.6 Å². The predicted molar refractivity (Wildman–Crippen MR) is 72.9 cm³/mol. The molecule has 1 aromatic heterocycles. The van der Waals surface area contributed by atoms with Crippen molar-refractivity contribution in [3.63, 3.8) is 0 Å². The van der Waals surface area contributed by atoms with Crippen molar-refractivity contribution in [2.45, 2.75) is 19.4 Å². The number of benzene rings is 1. The van der Waals surface area contributed by atoms with E-state index < -0.39 is 0 Å². The van der Waals surface area contributed by atoms with Crippen LogP contribution in [0, 0.1) is 5.82 Å². The van der Waals surface area contributed by atoms with E-state index in [1.165, 1.54) is 6.07 Å². The van der Waals surface area contributed by atoms with Crippen LogP contribution in [0.1, 0.15) is 24.3 Å². The summed E-state index contributed by atoms with van der Waals surface area (Å²) in [6.45, 7) is 2.87. The van der Waals surface area contributed by atoms with E-state index in [2.05, 4.69) is 21.2 Å². The SMILES string of the molecule is CCNC(Cc1cccc(F)c1Br)c1ccco1. The summed E-state index contributed by atoms with van der Waals surface area (Å²) >= 11 is 3.29. The molecule has 2 aromatic rings. The van der Waals surface area contributed by atoms with E-state index in [4.69, 9.17) is 4.42 Å². The van der Waals surface area contributed by atoms with Gasteiger partial charge < -0.3 is 9.73 Å². The second-order valence-electron chi connectivity index (χ2n) is 4.04. The number of furan rings is 1. The summed E-state index contributed by atoms with van der Waals surface area (Å²) in [6, 6.07) is 8.94. The summed E-state index contributed by atoms with van der Waals surface area (Å²) in [5, 5.41) is 3.34. The van der Waals surface area contributed by atoms with Gasteiger partial charge in [0.05, 0.1) is 16.8 Å². The van der Waals surface area contributed by atoms with E-state index in [1.807, 2.05) is 25.1 Å². The largest absolute Gasteiger partial charge is 0.468 e. The lowest BCUT2D eigenvalue weighted by Crippen LogP contribution is -2.22. The van der Waals surface area contributed by atoms with Crippen molar-refractivity contribution in [3.05, 3.63) is 58.2 Å². The molecule has 2 nitrogen and oxygen atoms in total. The maximum Gasteiger partial charge on any atom is 0.137 e. The molecule has 0 saturated carbocycles. The Labute approximate surface area is 114 Å². The van der Waals surface area contributed by atoms with E-state index >= 15 is 0 Å². The molecular weight excluding hydrogens is 297 g/mol. The summed E-state index contributed by atoms with van der Waals surface area (Å²) in [5.74, 6) is 0.634. The minimum absolute atomic E-state index is 0.0584. The first-order chi connectivity index (χ1) is 8.72. The van der Waals surface area contributed by atoms with Crippen LogP contribution < -0.4 is 5.32 Å². The van der Waals surface area contributed by atoms with Crippen LogP contribution in [-0.2, 0) is 6.42 Å². The number of halogens is 2. The van der Waals surface area contributed by atoms with Crippen LogP contribution >= 0.6 is 15.9 Å². The molecule has 0 radical (unpaired) electrons. The molecule has 2 rings (SSSR count). The number of nitrogens with one attached hydrogen (secondary N) is 1. The van der Waals surface area contributed by atoms with E-state index in [1.54, 1.807) is 12.3 Å². The average Bonchev–Trinajstić information content (AvgIpc) is 2.88. The first-order valence-electron chi connectivity index (χ1n) is 5.92. The van der Waals surface area contributed by atoms with Crippen LogP contribution in [0.2, 0.25) is 0 Å². The van der Waals surface area contributed by atoms with Gasteiger partial charge >= 0.3 is 0 Å². The molecule has 1 unspecified atom stereocenters. The first kappa shape index (κ1) is 13.3. The second kappa shape index (κ2) is 6.16. The molecule has 96 valence electrons. The number of hydrogen-bond donors (Lipinski definition) is 1. The van der Waals surface area contributed by atoms with Gasteiger partial charge in [-0.1, -0.05) is 19.1 Å². The Balaban J connectivity index is 2.21. The lowest BCUT2D eigenvalue weighted by molar-refractivity contribution is 0.415. The maximum atomic E-state index is 13.5.